The predicted molar refractivity (Wildman–Crippen MR) is 230 cm³/mol. The molecule has 0 fully saturated rings. The molecule has 11 rings (SSSR count). The summed E-state index contributed by atoms with van der Waals surface area (Å²) in [6, 6.07) is 62.0. The van der Waals surface area contributed by atoms with Gasteiger partial charge in [0.1, 0.15) is 11.4 Å². The highest BCUT2D eigenvalue weighted by Gasteiger charge is 2.57. The number of rotatable bonds is 5. The highest BCUT2D eigenvalue weighted by atomic mass is 16.5. The van der Waals surface area contributed by atoms with Crippen LogP contribution in [0.4, 0.5) is 0 Å². The van der Waals surface area contributed by atoms with E-state index < -0.39 is 11.0 Å². The van der Waals surface area contributed by atoms with E-state index in [0.29, 0.717) is 17.5 Å². The fourth-order valence-electron chi connectivity index (χ4n) is 9.46. The Morgan fingerprint density at radius 1 is 0.439 bits per heavy atom. The first-order valence-corrected chi connectivity index (χ1v) is 19.6. The van der Waals surface area contributed by atoms with Crippen LogP contribution in [0, 0.1) is 0 Å². The summed E-state index contributed by atoms with van der Waals surface area (Å²) in [4.78, 5) is 15.2. The lowest BCUT2D eigenvalue weighted by molar-refractivity contribution is 0.102. The molecule has 0 saturated carbocycles. The van der Waals surface area contributed by atoms with Crippen molar-refractivity contribution < 1.29 is 4.74 Å². The van der Waals surface area contributed by atoms with Gasteiger partial charge in [0.2, 0.25) is 0 Å². The number of aromatic nitrogens is 3. The summed E-state index contributed by atoms with van der Waals surface area (Å²) in [6.07, 6.45) is 7.54. The zero-order valence-electron chi connectivity index (χ0n) is 31.4. The molecular formula is C53H37N3O. The van der Waals surface area contributed by atoms with Crippen molar-refractivity contribution in [2.24, 2.45) is 0 Å². The van der Waals surface area contributed by atoms with Crippen molar-refractivity contribution in [3.63, 3.8) is 0 Å². The summed E-state index contributed by atoms with van der Waals surface area (Å²) in [7, 11) is 0. The fraction of sp³-hybridized carbons (Fsp3) is 0.0755. The number of nitrogens with zero attached hydrogens (tertiary/aromatic N) is 3. The van der Waals surface area contributed by atoms with Gasteiger partial charge in [0.25, 0.3) is 0 Å². The molecule has 0 bridgehead atoms. The van der Waals surface area contributed by atoms with E-state index in [0.717, 1.165) is 51.1 Å². The molecular weight excluding hydrogens is 695 g/mol. The highest BCUT2D eigenvalue weighted by molar-refractivity contribution is 5.92. The van der Waals surface area contributed by atoms with E-state index in [1.807, 2.05) is 60.7 Å². The molecule has 1 aliphatic heterocycles. The molecule has 4 heteroatoms. The molecule has 1 spiro atoms. The van der Waals surface area contributed by atoms with Gasteiger partial charge in [0.05, 0.1) is 5.41 Å². The second-order valence-electron chi connectivity index (χ2n) is 15.2. The molecule has 7 aromatic carbocycles. The Hall–Kier alpha value is -7.17. The minimum Gasteiger partial charge on any atom is -0.482 e. The summed E-state index contributed by atoms with van der Waals surface area (Å²) in [5, 5.41) is 0. The third-order valence-corrected chi connectivity index (χ3v) is 11.9. The van der Waals surface area contributed by atoms with Gasteiger partial charge < -0.3 is 4.74 Å². The maximum atomic E-state index is 7.20. The van der Waals surface area contributed by atoms with Crippen LogP contribution in [0.5, 0.6) is 5.75 Å². The molecule has 0 amide bonds. The molecule has 0 N–H and O–H groups in total. The maximum Gasteiger partial charge on any atom is 0.164 e. The van der Waals surface area contributed by atoms with Crippen LogP contribution >= 0.6 is 0 Å². The molecule has 2 heterocycles. The molecule has 1 aromatic heterocycles. The van der Waals surface area contributed by atoms with Crippen LogP contribution in [-0.4, -0.2) is 20.6 Å². The lowest BCUT2D eigenvalue weighted by atomic mass is 9.59. The van der Waals surface area contributed by atoms with Gasteiger partial charge >= 0.3 is 0 Å². The number of hydrogen-bond donors (Lipinski definition) is 0. The van der Waals surface area contributed by atoms with Crippen LogP contribution in [0.25, 0.3) is 67.5 Å². The van der Waals surface area contributed by atoms with Crippen LogP contribution in [-0.2, 0) is 5.41 Å². The van der Waals surface area contributed by atoms with Crippen LogP contribution in [0.1, 0.15) is 30.0 Å². The van der Waals surface area contributed by atoms with Crippen molar-refractivity contribution in [3.8, 4) is 73.3 Å². The molecule has 4 nitrogen and oxygen atoms in total. The fourth-order valence-corrected chi connectivity index (χ4v) is 9.46. The van der Waals surface area contributed by atoms with Gasteiger partial charge in [-0.3, -0.25) is 0 Å². The smallest absolute Gasteiger partial charge is 0.164 e. The summed E-state index contributed by atoms with van der Waals surface area (Å²) in [5.41, 5.74) is 13.8. The summed E-state index contributed by atoms with van der Waals surface area (Å²) in [6.45, 7) is 2.26. The second-order valence-corrected chi connectivity index (χ2v) is 15.2. The average Bonchev–Trinajstić information content (AvgIpc) is 3.57. The lowest BCUT2D eigenvalue weighted by Gasteiger charge is -2.50. The van der Waals surface area contributed by atoms with Gasteiger partial charge in [-0.05, 0) is 63.1 Å². The molecule has 270 valence electrons. The van der Waals surface area contributed by atoms with Gasteiger partial charge in [-0.1, -0.05) is 188 Å². The molecule has 0 saturated heterocycles. The average molecular weight is 732 g/mol. The normalized spacial score (nSPS) is 16.8. The van der Waals surface area contributed by atoms with E-state index in [1.54, 1.807) is 0 Å². The molecule has 57 heavy (non-hydrogen) atoms. The van der Waals surface area contributed by atoms with Crippen LogP contribution in [0.15, 0.2) is 200 Å². The van der Waals surface area contributed by atoms with E-state index in [-0.39, 0.29) is 0 Å². The third kappa shape index (κ3) is 5.11. The van der Waals surface area contributed by atoms with Crippen LogP contribution in [0.3, 0.4) is 0 Å². The first kappa shape index (κ1) is 33.2. The Bertz CT molecular complexity index is 2830. The molecule has 1 unspecified atom stereocenters. The number of benzene rings is 7. The minimum atomic E-state index is -0.525. The van der Waals surface area contributed by atoms with E-state index in [2.05, 4.69) is 140 Å². The second kappa shape index (κ2) is 13.0. The van der Waals surface area contributed by atoms with Crippen molar-refractivity contribution in [2.45, 2.75) is 24.4 Å². The van der Waals surface area contributed by atoms with Crippen molar-refractivity contribution in [1.29, 1.82) is 0 Å². The topological polar surface area (TPSA) is 47.9 Å². The Balaban J connectivity index is 1.09. The van der Waals surface area contributed by atoms with Gasteiger partial charge in [-0.2, -0.15) is 0 Å². The molecule has 2 aliphatic carbocycles. The van der Waals surface area contributed by atoms with Gasteiger partial charge in [0, 0.05) is 28.7 Å². The third-order valence-electron chi connectivity index (χ3n) is 11.9. The highest BCUT2D eigenvalue weighted by Crippen LogP contribution is 2.64. The van der Waals surface area contributed by atoms with E-state index in [4.69, 9.17) is 19.7 Å². The molecule has 1 atom stereocenters. The van der Waals surface area contributed by atoms with E-state index in [9.17, 15) is 0 Å². The summed E-state index contributed by atoms with van der Waals surface area (Å²) < 4.78 is 7.20. The van der Waals surface area contributed by atoms with Gasteiger partial charge in [0.15, 0.2) is 17.5 Å². The Labute approximate surface area is 332 Å². The minimum absolute atomic E-state index is 0.476. The molecule has 3 aliphatic rings. The number of allylic oxidation sites excluding steroid dienone is 2. The lowest BCUT2D eigenvalue weighted by Crippen LogP contribution is -2.50. The maximum absolute atomic E-state index is 7.20. The zero-order chi connectivity index (χ0) is 38.0. The van der Waals surface area contributed by atoms with Crippen LogP contribution < -0.4 is 4.74 Å². The number of hydrogen-bond acceptors (Lipinski definition) is 4. The SMILES string of the molecule is CC12CC=CC=C1C1(c3ccc(-c4ccccc4-c4ccccc4-c4nc(-c5ccccc5)nc(-c5ccccc5)n4)cc3O2)c2ccccc2-c2ccccc21. The number of fused-ring (bicyclic) bond motifs is 9. The van der Waals surface area contributed by atoms with Crippen molar-refractivity contribution in [1.82, 2.24) is 15.0 Å². The Kier molecular flexibility index (Phi) is 7.55. The summed E-state index contributed by atoms with van der Waals surface area (Å²) >= 11 is 0. The summed E-state index contributed by atoms with van der Waals surface area (Å²) in [5.74, 6) is 2.81. The van der Waals surface area contributed by atoms with E-state index >= 15 is 0 Å². The number of ether oxygens (including phenoxy) is 1. The Morgan fingerprint density at radius 2 is 0.930 bits per heavy atom. The predicted octanol–water partition coefficient (Wildman–Crippen LogP) is 12.6. The van der Waals surface area contributed by atoms with E-state index in [1.165, 1.54) is 33.4 Å². The van der Waals surface area contributed by atoms with Gasteiger partial charge in [-0.25, -0.2) is 15.0 Å². The Morgan fingerprint density at radius 3 is 1.54 bits per heavy atom. The molecule has 0 radical (unpaired) electrons. The van der Waals surface area contributed by atoms with Crippen LogP contribution in [0.2, 0.25) is 0 Å². The van der Waals surface area contributed by atoms with Gasteiger partial charge in [-0.15, -0.1) is 0 Å². The monoisotopic (exact) mass is 731 g/mol. The van der Waals surface area contributed by atoms with Crippen molar-refractivity contribution in [2.75, 3.05) is 0 Å². The molecule has 8 aromatic rings. The first-order chi connectivity index (χ1) is 28.1. The quantitative estimate of drug-likeness (QED) is 0.177. The first-order valence-electron chi connectivity index (χ1n) is 19.6. The standard InChI is InChI=1S/C53H37N3O/c1-52-33-17-16-30-48(52)53(44-28-14-12-25-41(44)42-26-13-15-29-45(42)53)46-32-31-37(34-47(46)57-52)38-22-8-9-23-39(38)40-24-10-11-27-43(40)51-55-49(35-18-4-2-5-19-35)54-50(56-51)36-20-6-3-7-21-36/h2-32,34H,33H2,1H3. The largest absolute Gasteiger partial charge is 0.482 e. The van der Waals surface area contributed by atoms with Crippen molar-refractivity contribution >= 4 is 0 Å². The zero-order valence-corrected chi connectivity index (χ0v) is 31.4. The van der Waals surface area contributed by atoms with Crippen molar-refractivity contribution in [3.05, 3.63) is 216 Å².